The lowest BCUT2D eigenvalue weighted by atomic mass is 10.3. The van der Waals surface area contributed by atoms with E-state index in [2.05, 4.69) is 26.1 Å². The molecule has 0 bridgehead atoms. The zero-order valence-corrected chi connectivity index (χ0v) is 11.2. The van der Waals surface area contributed by atoms with Gasteiger partial charge in [0, 0.05) is 20.0 Å². The number of rotatable bonds is 2. The van der Waals surface area contributed by atoms with Crippen LogP contribution in [0.4, 0.5) is 5.69 Å². The average molecular weight is 334 g/mol. The highest BCUT2D eigenvalue weighted by Gasteiger charge is 2.11. The molecule has 94 valence electrons. The molecule has 1 heterocycles. The predicted molar refractivity (Wildman–Crippen MR) is 73.2 cm³/mol. The van der Waals surface area contributed by atoms with Gasteiger partial charge in [0.1, 0.15) is 0 Å². The largest absolute Gasteiger partial charge is 0.435 e. The quantitative estimate of drug-likeness (QED) is 0.828. The van der Waals surface area contributed by atoms with Crippen LogP contribution in [0.2, 0.25) is 5.02 Å². The smallest absolute Gasteiger partial charge is 0.267 e. The minimum atomic E-state index is -1.63. The maximum atomic E-state index is 11.5. The molecule has 0 saturated carbocycles. The van der Waals surface area contributed by atoms with Crippen molar-refractivity contribution in [1.29, 1.82) is 0 Å². The number of aromatic amines is 1. The topological polar surface area (TPSA) is 81.0 Å². The van der Waals surface area contributed by atoms with Crippen LogP contribution in [0, 0.1) is 6.88 Å². The van der Waals surface area contributed by atoms with E-state index in [1.165, 1.54) is 6.07 Å². The molecule has 7 heteroatoms. The Morgan fingerprint density at radius 2 is 2.44 bits per heavy atom. The van der Waals surface area contributed by atoms with Gasteiger partial charge in [0.2, 0.25) is 5.88 Å². The highest BCUT2D eigenvalue weighted by molar-refractivity contribution is 9.10. The number of nitrogens with one attached hydrogen (secondary N) is 1. The molecule has 18 heavy (non-hydrogen) atoms. The first-order valence-corrected chi connectivity index (χ1v) is 5.84. The van der Waals surface area contributed by atoms with Gasteiger partial charge >= 0.3 is 0 Å². The molecule has 0 aliphatic rings. The molecule has 0 radical (unpaired) electrons. The summed E-state index contributed by atoms with van der Waals surface area (Å²) in [6, 6.07) is 2.57. The van der Waals surface area contributed by atoms with Crippen LogP contribution in [-0.4, -0.2) is 10.2 Å². The first kappa shape index (κ1) is 9.41. The summed E-state index contributed by atoms with van der Waals surface area (Å²) in [5, 5.41) is 5.87. The molecule has 0 aliphatic heterocycles. The van der Waals surface area contributed by atoms with Gasteiger partial charge < -0.3 is 10.5 Å². The molecule has 2 rings (SSSR count). The monoisotopic (exact) mass is 332 g/mol. The van der Waals surface area contributed by atoms with Crippen molar-refractivity contribution in [2.75, 3.05) is 5.73 Å². The van der Waals surface area contributed by atoms with E-state index in [0.29, 0.717) is 10.2 Å². The number of nitrogen functional groups attached to an aromatic ring is 1. The van der Waals surface area contributed by atoms with Crippen LogP contribution in [-0.2, 0) is 0 Å². The van der Waals surface area contributed by atoms with E-state index in [4.69, 9.17) is 26.2 Å². The molecule has 1 aromatic heterocycles. The Kier molecular flexibility index (Phi) is 2.61. The van der Waals surface area contributed by atoms with E-state index in [1.54, 1.807) is 6.07 Å². The van der Waals surface area contributed by atoms with Gasteiger partial charge in [-0.3, -0.25) is 4.79 Å². The number of benzene rings is 1. The number of nitrogens with zero attached hydrogens (tertiary/aromatic N) is 1. The Labute approximate surface area is 120 Å². The van der Waals surface area contributed by atoms with Gasteiger partial charge in [-0.1, -0.05) is 11.6 Å². The van der Waals surface area contributed by atoms with Crippen LogP contribution < -0.4 is 16.0 Å². The summed E-state index contributed by atoms with van der Waals surface area (Å²) < 4.78 is 28.2. The van der Waals surface area contributed by atoms with Gasteiger partial charge in [0.05, 0.1) is 10.9 Å². The van der Waals surface area contributed by atoms with Gasteiger partial charge in [-0.05, 0) is 34.9 Å². The molecule has 0 amide bonds. The fourth-order valence-electron chi connectivity index (χ4n) is 1.18. The molecule has 0 unspecified atom stereocenters. The van der Waals surface area contributed by atoms with Crippen molar-refractivity contribution in [1.82, 2.24) is 10.2 Å². The predicted octanol–water partition coefficient (Wildman–Crippen LogP) is 2.87. The van der Waals surface area contributed by atoms with Crippen LogP contribution in [0.5, 0.6) is 11.6 Å². The standard InChI is InChI=1S/C11H9BrClN3O2/c1-5-2-9(15-16-11(5)17)18-10-7(12)3-6(14)4-8(10)13/h2-4H,14H2,1H3,(H,16,17)/i1D2,2D. The zero-order chi connectivity index (χ0) is 15.7. The molecular formula is C11H9BrClN3O2. The van der Waals surface area contributed by atoms with Gasteiger partial charge in [-0.25, -0.2) is 5.10 Å². The van der Waals surface area contributed by atoms with Crippen LogP contribution in [0.1, 0.15) is 9.68 Å². The van der Waals surface area contributed by atoms with Crippen molar-refractivity contribution in [3.05, 3.63) is 43.6 Å². The van der Waals surface area contributed by atoms with Crippen LogP contribution >= 0.6 is 27.5 Å². The van der Waals surface area contributed by atoms with Gasteiger partial charge in [-0.15, -0.1) is 5.10 Å². The fraction of sp³-hybridized carbons (Fsp3) is 0.0909. The van der Waals surface area contributed by atoms with Crippen LogP contribution in [0.25, 0.3) is 0 Å². The van der Waals surface area contributed by atoms with Gasteiger partial charge in [0.15, 0.2) is 5.75 Å². The normalized spacial score (nSPS) is 12.9. The molecule has 0 saturated heterocycles. The number of halogens is 2. The number of aromatic nitrogens is 2. The Morgan fingerprint density at radius 3 is 3.11 bits per heavy atom. The second-order valence-corrected chi connectivity index (χ2v) is 4.57. The molecule has 0 fully saturated rings. The number of ether oxygens (including phenoxy) is 1. The van der Waals surface area contributed by atoms with Crippen molar-refractivity contribution in [2.45, 2.75) is 6.88 Å². The minimum absolute atomic E-state index is 0.163. The van der Waals surface area contributed by atoms with Gasteiger partial charge in [-0.2, -0.15) is 0 Å². The number of hydrogen-bond donors (Lipinski definition) is 2. The molecule has 0 aliphatic carbocycles. The van der Waals surface area contributed by atoms with Crippen LogP contribution in [0.15, 0.2) is 27.4 Å². The SMILES string of the molecule is [2H]c1c(Oc2c(Cl)cc(N)cc2Br)n[nH]c(=O)c1C([2H])[2H]. The highest BCUT2D eigenvalue weighted by Crippen LogP contribution is 2.37. The Morgan fingerprint density at radius 1 is 1.67 bits per heavy atom. The molecule has 5 nitrogen and oxygen atoms in total. The Bertz CT molecular complexity index is 731. The number of H-pyrrole nitrogens is 1. The van der Waals surface area contributed by atoms with E-state index in [0.717, 1.165) is 0 Å². The first-order chi connectivity index (χ1) is 9.81. The number of hydrogen-bond acceptors (Lipinski definition) is 4. The van der Waals surface area contributed by atoms with E-state index < -0.39 is 18.5 Å². The molecular weight excluding hydrogens is 321 g/mol. The maximum absolute atomic E-state index is 11.5. The third kappa shape index (κ3) is 2.65. The van der Waals surface area contributed by atoms with Crippen LogP contribution in [0.3, 0.4) is 0 Å². The molecule has 0 spiro atoms. The maximum Gasteiger partial charge on any atom is 0.267 e. The lowest BCUT2D eigenvalue weighted by Gasteiger charge is -2.09. The lowest BCUT2D eigenvalue weighted by molar-refractivity contribution is 0.451. The third-order valence-corrected chi connectivity index (χ3v) is 2.83. The Hall–Kier alpha value is -1.53. The van der Waals surface area contributed by atoms with Gasteiger partial charge in [0.25, 0.3) is 5.56 Å². The fourth-order valence-corrected chi connectivity index (χ4v) is 2.12. The van der Waals surface area contributed by atoms with E-state index >= 15 is 0 Å². The molecule has 3 N–H and O–H groups in total. The summed E-state index contributed by atoms with van der Waals surface area (Å²) in [5.41, 5.74) is 4.90. The van der Waals surface area contributed by atoms with Crippen molar-refractivity contribution in [3.63, 3.8) is 0 Å². The number of nitrogens with two attached hydrogens (primary N) is 1. The lowest BCUT2D eigenvalue weighted by Crippen LogP contribution is -2.11. The summed E-state index contributed by atoms with van der Waals surface area (Å²) in [7, 11) is 0. The summed E-state index contributed by atoms with van der Waals surface area (Å²) in [6.45, 7) is -1.63. The minimum Gasteiger partial charge on any atom is -0.435 e. The molecule has 2 aromatic rings. The van der Waals surface area contributed by atoms with E-state index in [9.17, 15) is 4.79 Å². The van der Waals surface area contributed by atoms with Crippen molar-refractivity contribution in [3.8, 4) is 11.6 Å². The zero-order valence-electron chi connectivity index (χ0n) is 11.8. The summed E-state index contributed by atoms with van der Waals surface area (Å²) in [6.07, 6.45) is 0. The second kappa shape index (κ2) is 4.99. The van der Waals surface area contributed by atoms with Crippen molar-refractivity contribution >= 4 is 33.2 Å². The van der Waals surface area contributed by atoms with E-state index in [1.807, 2.05) is 0 Å². The van der Waals surface area contributed by atoms with E-state index in [-0.39, 0.29) is 22.2 Å². The first-order valence-electron chi connectivity index (χ1n) is 6.32. The number of anilines is 1. The second-order valence-electron chi connectivity index (χ2n) is 3.31. The summed E-state index contributed by atoms with van der Waals surface area (Å²) in [4.78, 5) is 11.5. The molecule has 0 atom stereocenters. The average Bonchev–Trinajstić information content (AvgIpc) is 2.35. The Balaban J connectivity index is 2.51. The van der Waals surface area contributed by atoms with Crippen molar-refractivity contribution in [2.24, 2.45) is 0 Å². The third-order valence-electron chi connectivity index (χ3n) is 1.96. The highest BCUT2D eigenvalue weighted by atomic mass is 79.9. The van der Waals surface area contributed by atoms with Crippen molar-refractivity contribution < 1.29 is 8.85 Å². The molecule has 1 aromatic carbocycles. The summed E-state index contributed by atoms with van der Waals surface area (Å²) in [5.74, 6) is -0.0992. The summed E-state index contributed by atoms with van der Waals surface area (Å²) >= 11 is 9.22.